The molecule has 8 heteroatoms. The second-order valence-corrected chi connectivity index (χ2v) is 4.92. The second-order valence-electron chi connectivity index (χ2n) is 3.28. The third-order valence-electron chi connectivity index (χ3n) is 1.69. The van der Waals surface area contributed by atoms with Crippen molar-refractivity contribution in [1.82, 2.24) is 4.98 Å². The summed E-state index contributed by atoms with van der Waals surface area (Å²) >= 11 is 0. The average Bonchev–Trinajstić information content (AvgIpc) is 2.17. The molecule has 1 N–H and O–H groups in total. The normalized spacial score (nSPS) is 11.2. The molecule has 0 saturated heterocycles. The summed E-state index contributed by atoms with van der Waals surface area (Å²) in [5.41, 5.74) is -0.00539. The van der Waals surface area contributed by atoms with Crippen molar-refractivity contribution in [2.24, 2.45) is 0 Å². The maximum absolute atomic E-state index is 13.7. The van der Waals surface area contributed by atoms with E-state index >= 15 is 0 Å². The van der Waals surface area contributed by atoms with Gasteiger partial charge >= 0.3 is 0 Å². The van der Waals surface area contributed by atoms with Crippen LogP contribution in [0.25, 0.3) is 0 Å². The Hall–Kier alpha value is -1.54. The van der Waals surface area contributed by atoms with Gasteiger partial charge in [0.05, 0.1) is 12.9 Å². The highest BCUT2D eigenvalue weighted by Crippen LogP contribution is 2.16. The summed E-state index contributed by atoms with van der Waals surface area (Å²) in [4.78, 5) is 14.4. The average molecular weight is 262 g/mol. The van der Waals surface area contributed by atoms with Gasteiger partial charge in [-0.2, -0.15) is 8.42 Å². The molecule has 0 radical (unpaired) electrons. The quantitative estimate of drug-likeness (QED) is 0.805. The zero-order valence-electron chi connectivity index (χ0n) is 9.23. The molecule has 1 heterocycles. The first-order valence-corrected chi connectivity index (χ1v) is 6.36. The number of hydrogen-bond acceptors (Lipinski definition) is 5. The predicted octanol–water partition coefficient (Wildman–Crippen LogP) is 0.655. The maximum atomic E-state index is 13.7. The molecular formula is C9H11FN2O4S. The zero-order chi connectivity index (χ0) is 13.1. The molecule has 6 nitrogen and oxygen atoms in total. The van der Waals surface area contributed by atoms with Crippen LogP contribution in [0.4, 0.5) is 10.2 Å². The number of rotatable bonds is 4. The van der Waals surface area contributed by atoms with Crippen LogP contribution in [-0.4, -0.2) is 25.6 Å². The molecule has 1 rings (SSSR count). The van der Waals surface area contributed by atoms with Crippen molar-refractivity contribution in [3.05, 3.63) is 23.6 Å². The van der Waals surface area contributed by atoms with Gasteiger partial charge < -0.3 is 5.32 Å². The number of hydrogen-bond donors (Lipinski definition) is 1. The van der Waals surface area contributed by atoms with Gasteiger partial charge in [-0.15, -0.1) is 0 Å². The molecular weight excluding hydrogens is 251 g/mol. The lowest BCUT2D eigenvalue weighted by Gasteiger charge is -2.07. The summed E-state index contributed by atoms with van der Waals surface area (Å²) in [6.07, 6.45) is 2.11. The van der Waals surface area contributed by atoms with E-state index in [1.807, 2.05) is 0 Å². The molecule has 94 valence electrons. The molecule has 0 saturated carbocycles. The molecule has 1 aromatic rings. The summed E-state index contributed by atoms with van der Waals surface area (Å²) in [6.45, 7) is 0.764. The second kappa shape index (κ2) is 5.19. The predicted molar refractivity (Wildman–Crippen MR) is 58.1 cm³/mol. The minimum atomic E-state index is -3.65. The molecule has 0 aliphatic heterocycles. The number of aromatic nitrogens is 1. The number of halogens is 1. The molecule has 0 unspecified atom stereocenters. The molecule has 1 amide bonds. The van der Waals surface area contributed by atoms with Crippen LogP contribution in [0.1, 0.15) is 12.5 Å². The van der Waals surface area contributed by atoms with Crippen LogP contribution < -0.4 is 5.32 Å². The molecule has 0 aromatic carbocycles. The van der Waals surface area contributed by atoms with Gasteiger partial charge in [0.2, 0.25) is 5.91 Å². The largest absolute Gasteiger partial charge is 0.308 e. The van der Waals surface area contributed by atoms with E-state index < -0.39 is 28.4 Å². The highest BCUT2D eigenvalue weighted by molar-refractivity contribution is 7.85. The summed E-state index contributed by atoms with van der Waals surface area (Å²) < 4.78 is 39.6. The van der Waals surface area contributed by atoms with Crippen LogP contribution in [-0.2, 0) is 25.7 Å². The Morgan fingerprint density at radius 2 is 2.24 bits per heavy atom. The van der Waals surface area contributed by atoms with Gasteiger partial charge in [-0.25, -0.2) is 9.37 Å². The minimum Gasteiger partial charge on any atom is -0.308 e. The van der Waals surface area contributed by atoms with E-state index in [0.717, 1.165) is 6.26 Å². The Morgan fingerprint density at radius 3 is 2.76 bits per heavy atom. The van der Waals surface area contributed by atoms with E-state index in [9.17, 15) is 17.6 Å². The van der Waals surface area contributed by atoms with E-state index in [2.05, 4.69) is 14.5 Å². The summed E-state index contributed by atoms with van der Waals surface area (Å²) in [5, 5.41) is 2.18. The molecule has 0 bridgehead atoms. The fourth-order valence-corrected chi connectivity index (χ4v) is 1.36. The van der Waals surface area contributed by atoms with E-state index in [1.54, 1.807) is 0 Å². The van der Waals surface area contributed by atoms with Crippen molar-refractivity contribution < 1.29 is 21.8 Å². The Kier molecular flexibility index (Phi) is 4.13. The number of carbonyl (C=O) groups is 1. The first-order valence-electron chi connectivity index (χ1n) is 4.55. The maximum Gasteiger partial charge on any atom is 0.264 e. The van der Waals surface area contributed by atoms with Crippen molar-refractivity contribution in [2.45, 2.75) is 13.5 Å². The standard InChI is InChI=1S/C9H11FN2O4S/c1-6(13)12-9-8(10)7(3-4-11-9)5-16-17(2,14)15/h3-4H,5H2,1-2H3,(H,11,12,13). The first-order chi connectivity index (χ1) is 7.79. The molecule has 0 aliphatic carbocycles. The number of amides is 1. The van der Waals surface area contributed by atoms with Crippen molar-refractivity contribution in [1.29, 1.82) is 0 Å². The lowest BCUT2D eigenvalue weighted by molar-refractivity contribution is -0.114. The van der Waals surface area contributed by atoms with Gasteiger partial charge in [0.1, 0.15) is 0 Å². The van der Waals surface area contributed by atoms with Crippen molar-refractivity contribution in [3.8, 4) is 0 Å². The van der Waals surface area contributed by atoms with Crippen LogP contribution in [0, 0.1) is 5.82 Å². The molecule has 0 aliphatic rings. The van der Waals surface area contributed by atoms with Crippen LogP contribution in [0.5, 0.6) is 0 Å². The minimum absolute atomic E-state index is 0.00539. The number of pyridine rings is 1. The fraction of sp³-hybridized carbons (Fsp3) is 0.333. The van der Waals surface area contributed by atoms with Gasteiger partial charge in [-0.1, -0.05) is 0 Å². The number of carbonyl (C=O) groups excluding carboxylic acids is 1. The van der Waals surface area contributed by atoms with Crippen LogP contribution >= 0.6 is 0 Å². The molecule has 0 atom stereocenters. The number of nitrogens with zero attached hydrogens (tertiary/aromatic N) is 1. The summed E-state index contributed by atoms with van der Waals surface area (Å²) in [6, 6.07) is 1.27. The van der Waals surface area contributed by atoms with Gasteiger partial charge in [0.25, 0.3) is 10.1 Å². The van der Waals surface area contributed by atoms with E-state index in [1.165, 1.54) is 19.2 Å². The monoisotopic (exact) mass is 262 g/mol. The van der Waals surface area contributed by atoms with Crippen molar-refractivity contribution in [2.75, 3.05) is 11.6 Å². The van der Waals surface area contributed by atoms with Crippen LogP contribution in [0.15, 0.2) is 12.3 Å². The third-order valence-corrected chi connectivity index (χ3v) is 2.24. The van der Waals surface area contributed by atoms with Gasteiger partial charge in [0.15, 0.2) is 11.6 Å². The highest BCUT2D eigenvalue weighted by Gasteiger charge is 2.12. The number of anilines is 1. The van der Waals surface area contributed by atoms with Crippen LogP contribution in [0.3, 0.4) is 0 Å². The van der Waals surface area contributed by atoms with E-state index in [-0.39, 0.29) is 11.4 Å². The SMILES string of the molecule is CC(=O)Nc1nccc(COS(C)(=O)=O)c1F. The lowest BCUT2D eigenvalue weighted by atomic mass is 10.2. The van der Waals surface area contributed by atoms with E-state index in [0.29, 0.717) is 0 Å². The molecule has 1 aromatic heterocycles. The molecule has 0 spiro atoms. The smallest absolute Gasteiger partial charge is 0.264 e. The third kappa shape index (κ3) is 4.45. The summed E-state index contributed by atoms with van der Waals surface area (Å²) in [7, 11) is -3.65. The topological polar surface area (TPSA) is 85.4 Å². The fourth-order valence-electron chi connectivity index (χ4n) is 1.02. The van der Waals surface area contributed by atoms with Crippen LogP contribution in [0.2, 0.25) is 0 Å². The number of nitrogens with one attached hydrogen (secondary N) is 1. The highest BCUT2D eigenvalue weighted by atomic mass is 32.2. The molecule has 17 heavy (non-hydrogen) atoms. The van der Waals surface area contributed by atoms with Crippen molar-refractivity contribution >= 4 is 21.8 Å². The zero-order valence-corrected chi connectivity index (χ0v) is 10.0. The van der Waals surface area contributed by atoms with Gasteiger partial charge in [0, 0.05) is 18.7 Å². The van der Waals surface area contributed by atoms with Crippen molar-refractivity contribution in [3.63, 3.8) is 0 Å². The van der Waals surface area contributed by atoms with Gasteiger partial charge in [-0.05, 0) is 6.07 Å². The lowest BCUT2D eigenvalue weighted by Crippen LogP contribution is -2.11. The van der Waals surface area contributed by atoms with Gasteiger partial charge in [-0.3, -0.25) is 8.98 Å². The summed E-state index contributed by atoms with van der Waals surface area (Å²) in [5.74, 6) is -1.55. The Morgan fingerprint density at radius 1 is 1.59 bits per heavy atom. The van der Waals surface area contributed by atoms with E-state index in [4.69, 9.17) is 0 Å². The Balaban J connectivity index is 2.90. The Bertz CT molecular complexity index is 530. The first kappa shape index (κ1) is 13.5. The molecule has 0 fully saturated rings. The Labute approximate surface area is 97.9 Å².